The van der Waals surface area contributed by atoms with Crippen LogP contribution in [0.25, 0.3) is 11.4 Å². The monoisotopic (exact) mass is 382 g/mol. The first-order valence-corrected chi connectivity index (χ1v) is 9.50. The third kappa shape index (κ3) is 6.02. The first-order chi connectivity index (χ1) is 12.0. The number of ether oxygens (including phenoxy) is 1. The van der Waals surface area contributed by atoms with Crippen LogP contribution in [0.3, 0.4) is 0 Å². The van der Waals surface area contributed by atoms with Gasteiger partial charge >= 0.3 is 0 Å². The Labute approximate surface area is 157 Å². The molecular formula is C17H23ClN4O2S. The molecule has 0 radical (unpaired) electrons. The minimum absolute atomic E-state index is 0.0307. The Morgan fingerprint density at radius 2 is 2.12 bits per heavy atom. The molecule has 2 aromatic rings. The molecule has 1 amide bonds. The maximum absolute atomic E-state index is 11.9. The summed E-state index contributed by atoms with van der Waals surface area (Å²) in [5.74, 6) is 0.940. The van der Waals surface area contributed by atoms with E-state index in [0.29, 0.717) is 34.9 Å². The Morgan fingerprint density at radius 3 is 2.84 bits per heavy atom. The average Bonchev–Trinajstić information content (AvgIpc) is 2.93. The second-order valence-electron chi connectivity index (χ2n) is 5.76. The molecule has 0 aliphatic heterocycles. The van der Waals surface area contributed by atoms with Crippen molar-refractivity contribution in [3.63, 3.8) is 0 Å². The molecule has 0 unspecified atom stereocenters. The Hall–Kier alpha value is -1.57. The van der Waals surface area contributed by atoms with Crippen molar-refractivity contribution in [1.82, 2.24) is 20.1 Å². The molecule has 0 spiro atoms. The Bertz CT molecular complexity index is 706. The lowest BCUT2D eigenvalue weighted by molar-refractivity contribution is -0.118. The molecule has 1 N–H and O–H groups in total. The van der Waals surface area contributed by atoms with Gasteiger partial charge in [0.05, 0.1) is 16.9 Å². The molecule has 0 atom stereocenters. The van der Waals surface area contributed by atoms with E-state index in [9.17, 15) is 4.79 Å². The molecule has 1 aromatic carbocycles. The van der Waals surface area contributed by atoms with Gasteiger partial charge in [-0.15, -0.1) is 10.2 Å². The van der Waals surface area contributed by atoms with Gasteiger partial charge in [-0.2, -0.15) is 0 Å². The average molecular weight is 383 g/mol. The van der Waals surface area contributed by atoms with Crippen LogP contribution in [0.1, 0.15) is 20.3 Å². The highest BCUT2D eigenvalue weighted by Crippen LogP contribution is 2.28. The van der Waals surface area contributed by atoms with E-state index >= 15 is 0 Å². The number of rotatable bonds is 9. The van der Waals surface area contributed by atoms with Gasteiger partial charge in [0.15, 0.2) is 11.0 Å². The smallest absolute Gasteiger partial charge is 0.230 e. The van der Waals surface area contributed by atoms with Crippen LogP contribution in [0, 0.1) is 0 Å². The fraction of sp³-hybridized carbons (Fsp3) is 0.471. The van der Waals surface area contributed by atoms with Crippen LogP contribution in [0.5, 0.6) is 0 Å². The van der Waals surface area contributed by atoms with Crippen molar-refractivity contribution in [3.05, 3.63) is 29.3 Å². The summed E-state index contributed by atoms with van der Waals surface area (Å²) in [7, 11) is 1.86. The summed E-state index contributed by atoms with van der Waals surface area (Å²) in [6.07, 6.45) is 1.02. The number of nitrogens with zero attached hydrogens (tertiary/aromatic N) is 3. The maximum Gasteiger partial charge on any atom is 0.230 e. The molecular weight excluding hydrogens is 360 g/mol. The summed E-state index contributed by atoms with van der Waals surface area (Å²) in [6, 6.07) is 7.48. The number of hydrogen-bond donors (Lipinski definition) is 1. The van der Waals surface area contributed by atoms with Crippen LogP contribution < -0.4 is 5.32 Å². The van der Waals surface area contributed by atoms with Crippen LogP contribution in [0.2, 0.25) is 5.02 Å². The van der Waals surface area contributed by atoms with Crippen molar-refractivity contribution in [1.29, 1.82) is 0 Å². The molecule has 6 nitrogen and oxygen atoms in total. The van der Waals surface area contributed by atoms with Crippen molar-refractivity contribution < 1.29 is 9.53 Å². The first-order valence-electron chi connectivity index (χ1n) is 8.14. The van der Waals surface area contributed by atoms with Gasteiger partial charge < -0.3 is 14.6 Å². The van der Waals surface area contributed by atoms with Crippen LogP contribution in [0.15, 0.2) is 29.4 Å². The molecule has 0 saturated carbocycles. The molecule has 0 aliphatic rings. The number of halogens is 1. The molecule has 2 rings (SSSR count). The van der Waals surface area contributed by atoms with E-state index in [2.05, 4.69) is 15.5 Å². The minimum atomic E-state index is -0.0307. The summed E-state index contributed by atoms with van der Waals surface area (Å²) in [4.78, 5) is 11.9. The standard InChI is InChI=1S/C17H23ClN4O2S/c1-12(2)24-10-6-9-19-15(23)11-25-17-21-20-16(22(17)3)13-7-4-5-8-14(13)18/h4-5,7-8,12H,6,9-11H2,1-3H3,(H,19,23). The number of nitrogens with one attached hydrogen (secondary N) is 1. The normalized spacial score (nSPS) is 11.1. The van der Waals surface area contributed by atoms with E-state index in [4.69, 9.17) is 16.3 Å². The predicted octanol–water partition coefficient (Wildman–Crippen LogP) is 3.16. The van der Waals surface area contributed by atoms with Gasteiger partial charge in [-0.05, 0) is 32.4 Å². The summed E-state index contributed by atoms with van der Waals surface area (Å²) in [6.45, 7) is 5.24. The fourth-order valence-corrected chi connectivity index (χ4v) is 3.08. The summed E-state index contributed by atoms with van der Waals surface area (Å²) >= 11 is 7.56. The second kappa shape index (κ2) is 9.79. The number of benzene rings is 1. The van der Waals surface area contributed by atoms with E-state index in [1.54, 1.807) is 0 Å². The number of aromatic nitrogens is 3. The highest BCUT2D eigenvalue weighted by atomic mass is 35.5. The lowest BCUT2D eigenvalue weighted by atomic mass is 10.2. The van der Waals surface area contributed by atoms with Crippen molar-refractivity contribution in [2.45, 2.75) is 31.5 Å². The first kappa shape index (κ1) is 19.8. The van der Waals surface area contributed by atoms with Crippen molar-refractivity contribution >= 4 is 29.3 Å². The Balaban J connectivity index is 1.82. The molecule has 8 heteroatoms. The SMILES string of the molecule is CC(C)OCCCNC(=O)CSc1nnc(-c2ccccc2Cl)n1C. The number of thioether (sulfide) groups is 1. The maximum atomic E-state index is 11.9. The Morgan fingerprint density at radius 1 is 1.36 bits per heavy atom. The minimum Gasteiger partial charge on any atom is -0.379 e. The van der Waals surface area contributed by atoms with Gasteiger partial charge in [0.25, 0.3) is 0 Å². The molecule has 25 heavy (non-hydrogen) atoms. The van der Waals surface area contributed by atoms with E-state index in [1.165, 1.54) is 11.8 Å². The van der Waals surface area contributed by atoms with Gasteiger partial charge in [-0.25, -0.2) is 0 Å². The van der Waals surface area contributed by atoms with E-state index in [1.807, 2.05) is 49.7 Å². The molecule has 1 heterocycles. The lowest BCUT2D eigenvalue weighted by Crippen LogP contribution is -2.27. The van der Waals surface area contributed by atoms with Crippen LogP contribution in [-0.4, -0.2) is 45.7 Å². The highest BCUT2D eigenvalue weighted by Gasteiger charge is 2.14. The predicted molar refractivity (Wildman–Crippen MR) is 101 cm³/mol. The molecule has 0 bridgehead atoms. The highest BCUT2D eigenvalue weighted by molar-refractivity contribution is 7.99. The summed E-state index contributed by atoms with van der Waals surface area (Å²) in [5, 5.41) is 12.5. The lowest BCUT2D eigenvalue weighted by Gasteiger charge is -2.08. The summed E-state index contributed by atoms with van der Waals surface area (Å²) in [5.41, 5.74) is 0.820. The zero-order valence-corrected chi connectivity index (χ0v) is 16.2. The molecule has 1 aromatic heterocycles. The zero-order chi connectivity index (χ0) is 18.2. The second-order valence-corrected chi connectivity index (χ2v) is 7.11. The van der Waals surface area contributed by atoms with Crippen molar-refractivity contribution in [2.75, 3.05) is 18.9 Å². The number of carbonyl (C=O) groups is 1. The third-order valence-corrected chi connectivity index (χ3v) is 4.73. The Kier molecular flexibility index (Phi) is 7.74. The topological polar surface area (TPSA) is 69.0 Å². The van der Waals surface area contributed by atoms with Crippen LogP contribution in [-0.2, 0) is 16.6 Å². The zero-order valence-electron chi connectivity index (χ0n) is 14.7. The largest absolute Gasteiger partial charge is 0.379 e. The van der Waals surface area contributed by atoms with Gasteiger partial charge in [-0.1, -0.05) is 35.5 Å². The quantitative estimate of drug-likeness (QED) is 0.533. The molecule has 136 valence electrons. The van der Waals surface area contributed by atoms with Crippen LogP contribution in [0.4, 0.5) is 0 Å². The van der Waals surface area contributed by atoms with Gasteiger partial charge in [0.1, 0.15) is 0 Å². The van der Waals surface area contributed by atoms with Gasteiger partial charge in [-0.3, -0.25) is 4.79 Å². The third-order valence-electron chi connectivity index (χ3n) is 3.38. The van der Waals surface area contributed by atoms with Gasteiger partial charge in [0, 0.05) is 25.8 Å². The van der Waals surface area contributed by atoms with E-state index in [0.717, 1.165) is 12.0 Å². The number of hydrogen-bond acceptors (Lipinski definition) is 5. The molecule has 0 fully saturated rings. The van der Waals surface area contributed by atoms with Gasteiger partial charge in [0.2, 0.25) is 5.91 Å². The summed E-state index contributed by atoms with van der Waals surface area (Å²) < 4.78 is 7.28. The number of carbonyl (C=O) groups excluding carboxylic acids is 1. The molecule has 0 saturated heterocycles. The fourth-order valence-electron chi connectivity index (χ4n) is 2.12. The van der Waals surface area contributed by atoms with Crippen molar-refractivity contribution in [2.24, 2.45) is 7.05 Å². The van der Waals surface area contributed by atoms with E-state index in [-0.39, 0.29) is 12.0 Å². The van der Waals surface area contributed by atoms with E-state index < -0.39 is 0 Å². The van der Waals surface area contributed by atoms with Crippen molar-refractivity contribution in [3.8, 4) is 11.4 Å². The number of amides is 1. The molecule has 0 aliphatic carbocycles. The van der Waals surface area contributed by atoms with Crippen LogP contribution >= 0.6 is 23.4 Å².